The van der Waals surface area contributed by atoms with Crippen LogP contribution < -0.4 is 10.6 Å². The molecule has 0 bridgehead atoms. The van der Waals surface area contributed by atoms with E-state index in [0.717, 1.165) is 45.2 Å². The second kappa shape index (κ2) is 7.12. The number of allylic oxidation sites excluding steroid dienone is 1. The molecule has 0 saturated heterocycles. The SMILES string of the molecule is O=C1C[C@@H](c2ccccc2Cl)CC2=C1[C@H](c1ccsc1)Nc1ccccc1N2. The maximum absolute atomic E-state index is 13.4. The van der Waals surface area contributed by atoms with E-state index in [-0.39, 0.29) is 17.7 Å². The van der Waals surface area contributed by atoms with E-state index in [4.69, 9.17) is 11.6 Å². The van der Waals surface area contributed by atoms with Crippen LogP contribution in [0.1, 0.15) is 35.9 Å². The first-order chi connectivity index (χ1) is 13.7. The second-order valence-corrected chi connectivity index (χ2v) is 8.43. The highest BCUT2D eigenvalue weighted by Gasteiger charge is 2.36. The first-order valence-electron chi connectivity index (χ1n) is 9.36. The van der Waals surface area contributed by atoms with Crippen LogP contribution in [0, 0.1) is 0 Å². The number of carbonyl (C=O) groups excluding carboxylic acids is 1. The molecule has 5 rings (SSSR count). The van der Waals surface area contributed by atoms with Gasteiger partial charge in [0.05, 0.1) is 17.4 Å². The van der Waals surface area contributed by atoms with E-state index in [0.29, 0.717) is 6.42 Å². The summed E-state index contributed by atoms with van der Waals surface area (Å²) in [5.41, 5.74) is 6.02. The minimum absolute atomic E-state index is 0.0841. The molecule has 2 atom stereocenters. The predicted molar refractivity (Wildman–Crippen MR) is 116 cm³/mol. The standard InChI is InChI=1S/C23H19ClN2OS/c24-17-6-2-1-5-16(17)15-11-20-22(21(27)12-15)23(14-9-10-28-13-14)26-19-8-4-3-7-18(19)25-20/h1-10,13,15,23,25-26H,11-12H2/t15-,23-/m0/s1. The van der Waals surface area contributed by atoms with Crippen molar-refractivity contribution in [3.8, 4) is 0 Å². The lowest BCUT2D eigenvalue weighted by atomic mass is 9.79. The maximum atomic E-state index is 13.4. The molecular formula is C23H19ClN2OS. The van der Waals surface area contributed by atoms with Gasteiger partial charge < -0.3 is 10.6 Å². The highest BCUT2D eigenvalue weighted by molar-refractivity contribution is 7.08. The monoisotopic (exact) mass is 406 g/mol. The van der Waals surface area contributed by atoms with Gasteiger partial charge in [-0.05, 0) is 58.5 Å². The van der Waals surface area contributed by atoms with Crippen LogP contribution in [0.3, 0.4) is 0 Å². The molecule has 2 aromatic carbocycles. The van der Waals surface area contributed by atoms with Crippen LogP contribution in [0.25, 0.3) is 0 Å². The molecule has 0 radical (unpaired) electrons. The van der Waals surface area contributed by atoms with Crippen LogP contribution in [0.2, 0.25) is 5.02 Å². The molecule has 0 fully saturated rings. The first kappa shape index (κ1) is 17.5. The van der Waals surface area contributed by atoms with Crippen molar-refractivity contribution >= 4 is 40.1 Å². The fraction of sp³-hybridized carbons (Fsp3) is 0.174. The average molecular weight is 407 g/mol. The lowest BCUT2D eigenvalue weighted by Crippen LogP contribution is -2.26. The number of hydrogen-bond donors (Lipinski definition) is 2. The van der Waals surface area contributed by atoms with Crippen molar-refractivity contribution in [1.29, 1.82) is 0 Å². The number of fused-ring (bicyclic) bond motifs is 1. The van der Waals surface area contributed by atoms with Gasteiger partial charge in [-0.1, -0.05) is 41.9 Å². The summed E-state index contributed by atoms with van der Waals surface area (Å²) < 4.78 is 0. The fourth-order valence-electron chi connectivity index (χ4n) is 4.21. The van der Waals surface area contributed by atoms with Crippen LogP contribution in [0.5, 0.6) is 0 Å². The van der Waals surface area contributed by atoms with Crippen molar-refractivity contribution in [3.63, 3.8) is 0 Å². The van der Waals surface area contributed by atoms with Gasteiger partial charge in [0.1, 0.15) is 0 Å². The van der Waals surface area contributed by atoms with E-state index in [9.17, 15) is 4.79 Å². The van der Waals surface area contributed by atoms with E-state index < -0.39 is 0 Å². The highest BCUT2D eigenvalue weighted by atomic mass is 35.5. The Morgan fingerprint density at radius 2 is 1.75 bits per heavy atom. The number of rotatable bonds is 2. The number of carbonyl (C=O) groups is 1. The lowest BCUT2D eigenvalue weighted by molar-refractivity contribution is -0.116. The molecule has 28 heavy (non-hydrogen) atoms. The Labute approximate surface area is 173 Å². The summed E-state index contributed by atoms with van der Waals surface area (Å²) in [7, 11) is 0. The number of hydrogen-bond acceptors (Lipinski definition) is 4. The van der Waals surface area contributed by atoms with Gasteiger partial charge in [0, 0.05) is 22.7 Å². The maximum Gasteiger partial charge on any atom is 0.163 e. The Bertz CT molecular complexity index is 1070. The van der Waals surface area contributed by atoms with Gasteiger partial charge in [-0.25, -0.2) is 0 Å². The normalized spacial score (nSPS) is 21.2. The van der Waals surface area contributed by atoms with Gasteiger partial charge in [0.2, 0.25) is 0 Å². The van der Waals surface area contributed by atoms with Crippen molar-refractivity contribution in [2.75, 3.05) is 10.6 Å². The molecule has 5 heteroatoms. The van der Waals surface area contributed by atoms with Crippen molar-refractivity contribution in [2.24, 2.45) is 0 Å². The van der Waals surface area contributed by atoms with Crippen LogP contribution >= 0.6 is 22.9 Å². The summed E-state index contributed by atoms with van der Waals surface area (Å²) in [6.07, 6.45) is 1.24. The van der Waals surface area contributed by atoms with E-state index in [2.05, 4.69) is 33.5 Å². The molecule has 0 amide bonds. The quantitative estimate of drug-likeness (QED) is 0.518. The van der Waals surface area contributed by atoms with Gasteiger partial charge >= 0.3 is 0 Å². The van der Waals surface area contributed by atoms with Crippen LogP contribution in [-0.4, -0.2) is 5.78 Å². The van der Waals surface area contributed by atoms with Crippen LogP contribution in [0.15, 0.2) is 76.6 Å². The Morgan fingerprint density at radius 3 is 2.54 bits per heavy atom. The molecule has 3 nitrogen and oxygen atoms in total. The van der Waals surface area contributed by atoms with Crippen molar-refractivity contribution in [2.45, 2.75) is 24.8 Å². The second-order valence-electron chi connectivity index (χ2n) is 7.25. The van der Waals surface area contributed by atoms with E-state index in [1.54, 1.807) is 11.3 Å². The molecule has 2 N–H and O–H groups in total. The minimum atomic E-state index is -0.142. The minimum Gasteiger partial charge on any atom is -0.372 e. The average Bonchev–Trinajstić information content (AvgIpc) is 3.17. The zero-order chi connectivity index (χ0) is 19.1. The molecular weight excluding hydrogens is 388 g/mol. The van der Waals surface area contributed by atoms with Crippen molar-refractivity contribution in [1.82, 2.24) is 0 Å². The molecule has 2 heterocycles. The Hall–Kier alpha value is -2.56. The van der Waals surface area contributed by atoms with Gasteiger partial charge in [-0.3, -0.25) is 4.79 Å². The smallest absolute Gasteiger partial charge is 0.163 e. The number of benzene rings is 2. The topological polar surface area (TPSA) is 41.1 Å². The summed E-state index contributed by atoms with van der Waals surface area (Å²) in [5.74, 6) is 0.260. The summed E-state index contributed by atoms with van der Waals surface area (Å²) in [5, 5.41) is 12.1. The third kappa shape index (κ3) is 3.03. The lowest BCUT2D eigenvalue weighted by Gasteiger charge is -2.29. The van der Waals surface area contributed by atoms with E-state index in [1.807, 2.05) is 42.5 Å². The fourth-order valence-corrected chi connectivity index (χ4v) is 5.18. The molecule has 0 saturated carbocycles. The van der Waals surface area contributed by atoms with Gasteiger partial charge in [0.25, 0.3) is 0 Å². The third-order valence-corrected chi connectivity index (χ3v) is 6.58. The van der Waals surface area contributed by atoms with Crippen LogP contribution in [0.4, 0.5) is 11.4 Å². The Kier molecular flexibility index (Phi) is 4.46. The number of halogens is 1. The number of anilines is 2. The molecule has 0 unspecified atom stereocenters. The van der Waals surface area contributed by atoms with Crippen molar-refractivity contribution < 1.29 is 4.79 Å². The first-order valence-corrected chi connectivity index (χ1v) is 10.7. The molecule has 3 aromatic rings. The van der Waals surface area contributed by atoms with Crippen molar-refractivity contribution in [3.05, 3.63) is 92.8 Å². The van der Waals surface area contributed by atoms with Gasteiger partial charge in [-0.15, -0.1) is 0 Å². The Morgan fingerprint density at radius 1 is 0.964 bits per heavy atom. The molecule has 2 aliphatic rings. The summed E-state index contributed by atoms with van der Waals surface area (Å²) >= 11 is 8.09. The third-order valence-electron chi connectivity index (χ3n) is 5.53. The number of Topliss-reactive ketones (excluding diaryl/α,β-unsaturated/α-hetero) is 1. The summed E-state index contributed by atoms with van der Waals surface area (Å²) in [6, 6.07) is 17.9. The number of ketones is 1. The van der Waals surface area contributed by atoms with Gasteiger partial charge in [-0.2, -0.15) is 11.3 Å². The molecule has 0 spiro atoms. The van der Waals surface area contributed by atoms with Crippen LogP contribution in [-0.2, 0) is 4.79 Å². The molecule has 1 aromatic heterocycles. The molecule has 140 valence electrons. The number of nitrogens with one attached hydrogen (secondary N) is 2. The highest BCUT2D eigenvalue weighted by Crippen LogP contribution is 2.45. The van der Waals surface area contributed by atoms with Gasteiger partial charge in [0.15, 0.2) is 5.78 Å². The number of thiophene rings is 1. The molecule has 1 aliphatic carbocycles. The summed E-state index contributed by atoms with van der Waals surface area (Å²) in [6.45, 7) is 0. The van der Waals surface area contributed by atoms with E-state index >= 15 is 0 Å². The zero-order valence-electron chi connectivity index (χ0n) is 15.1. The zero-order valence-corrected chi connectivity index (χ0v) is 16.7. The number of para-hydroxylation sites is 2. The predicted octanol–water partition coefficient (Wildman–Crippen LogP) is 6.38. The Balaban J connectivity index is 1.62. The largest absolute Gasteiger partial charge is 0.372 e. The molecule has 1 aliphatic heterocycles. The summed E-state index contributed by atoms with van der Waals surface area (Å²) in [4.78, 5) is 13.4. The van der Waals surface area contributed by atoms with E-state index in [1.165, 1.54) is 0 Å².